The van der Waals surface area contributed by atoms with Crippen LogP contribution in [0, 0.1) is 11.6 Å². The van der Waals surface area contributed by atoms with E-state index >= 15 is 0 Å². The van der Waals surface area contributed by atoms with Crippen LogP contribution in [0.1, 0.15) is 16.1 Å². The molecule has 1 heterocycles. The number of thiazole rings is 1. The minimum absolute atomic E-state index is 0.136. The molecule has 94 valence electrons. The molecule has 1 aromatic carbocycles. The number of carbonyl (C=O) groups is 1. The lowest BCUT2D eigenvalue weighted by molar-refractivity contribution is 0.0942. The molecule has 0 spiro atoms. The Balaban J connectivity index is 2.14. The minimum Gasteiger partial charge on any atom is -0.346 e. The molecule has 0 radical (unpaired) electrons. The van der Waals surface area contributed by atoms with E-state index in [1.165, 1.54) is 11.3 Å². The summed E-state index contributed by atoms with van der Waals surface area (Å²) >= 11 is 4.32. The molecular weight excluding hydrogens is 326 g/mol. The van der Waals surface area contributed by atoms with Gasteiger partial charge in [-0.1, -0.05) is 15.9 Å². The molecule has 18 heavy (non-hydrogen) atoms. The summed E-state index contributed by atoms with van der Waals surface area (Å²) in [6.45, 7) is 0.136. The van der Waals surface area contributed by atoms with Crippen LogP contribution in [0.15, 0.2) is 27.5 Å². The van der Waals surface area contributed by atoms with Gasteiger partial charge in [-0.15, -0.1) is 11.3 Å². The van der Waals surface area contributed by atoms with Gasteiger partial charge in [0, 0.05) is 9.85 Å². The average molecular weight is 333 g/mol. The number of halogens is 3. The van der Waals surface area contributed by atoms with E-state index in [-0.39, 0.29) is 11.0 Å². The zero-order chi connectivity index (χ0) is 13.1. The minimum atomic E-state index is -0.905. The molecule has 0 saturated heterocycles. The summed E-state index contributed by atoms with van der Waals surface area (Å²) in [4.78, 5) is 15.6. The molecule has 7 heteroatoms. The maximum Gasteiger partial charge on any atom is 0.257 e. The molecule has 0 aliphatic carbocycles. The zero-order valence-electron chi connectivity index (χ0n) is 8.91. The van der Waals surface area contributed by atoms with Gasteiger partial charge in [0.05, 0.1) is 17.7 Å². The Kier molecular flexibility index (Phi) is 4.03. The van der Waals surface area contributed by atoms with Gasteiger partial charge in [0.25, 0.3) is 5.91 Å². The van der Waals surface area contributed by atoms with Crippen molar-refractivity contribution in [2.24, 2.45) is 0 Å². The Morgan fingerprint density at radius 1 is 1.39 bits per heavy atom. The molecule has 1 aromatic heterocycles. The highest BCUT2D eigenvalue weighted by atomic mass is 79.9. The largest absolute Gasteiger partial charge is 0.346 e. The van der Waals surface area contributed by atoms with Gasteiger partial charge < -0.3 is 5.32 Å². The third-order valence-corrected chi connectivity index (χ3v) is 3.24. The lowest BCUT2D eigenvalue weighted by atomic mass is 10.2. The van der Waals surface area contributed by atoms with E-state index in [4.69, 9.17) is 0 Å². The van der Waals surface area contributed by atoms with Gasteiger partial charge in [-0.3, -0.25) is 4.79 Å². The van der Waals surface area contributed by atoms with Crippen LogP contribution < -0.4 is 5.32 Å². The Morgan fingerprint density at radius 3 is 2.61 bits per heavy atom. The first kappa shape index (κ1) is 13.1. The van der Waals surface area contributed by atoms with E-state index in [1.54, 1.807) is 10.9 Å². The van der Waals surface area contributed by atoms with Crippen LogP contribution in [0.2, 0.25) is 0 Å². The van der Waals surface area contributed by atoms with Gasteiger partial charge in [-0.2, -0.15) is 0 Å². The lowest BCUT2D eigenvalue weighted by Gasteiger charge is -2.06. The van der Waals surface area contributed by atoms with Crippen molar-refractivity contribution >= 4 is 33.2 Å². The number of aromatic nitrogens is 1. The quantitative estimate of drug-likeness (QED) is 0.938. The topological polar surface area (TPSA) is 42.0 Å². The van der Waals surface area contributed by atoms with Crippen LogP contribution >= 0.6 is 27.3 Å². The van der Waals surface area contributed by atoms with Crippen LogP contribution in [0.25, 0.3) is 0 Å². The van der Waals surface area contributed by atoms with Crippen molar-refractivity contribution in [1.82, 2.24) is 10.3 Å². The number of amides is 1. The Bertz CT molecular complexity index is 551. The maximum atomic E-state index is 13.5. The molecule has 0 aliphatic heterocycles. The molecule has 2 rings (SSSR count). The zero-order valence-corrected chi connectivity index (χ0v) is 11.3. The summed E-state index contributed by atoms with van der Waals surface area (Å²) < 4.78 is 27.2. The number of benzene rings is 1. The van der Waals surface area contributed by atoms with E-state index in [0.717, 1.165) is 12.1 Å². The highest BCUT2D eigenvalue weighted by Crippen LogP contribution is 2.19. The molecule has 0 bridgehead atoms. The highest BCUT2D eigenvalue weighted by Gasteiger charge is 2.18. The molecule has 1 amide bonds. The summed E-state index contributed by atoms with van der Waals surface area (Å²) in [6, 6.07) is 2.08. The van der Waals surface area contributed by atoms with Crippen molar-refractivity contribution in [3.05, 3.63) is 50.4 Å². The van der Waals surface area contributed by atoms with Crippen LogP contribution in [-0.2, 0) is 6.54 Å². The number of hydrogen-bond acceptors (Lipinski definition) is 3. The van der Waals surface area contributed by atoms with Crippen LogP contribution in [0.3, 0.4) is 0 Å². The van der Waals surface area contributed by atoms with Gasteiger partial charge in [0.2, 0.25) is 0 Å². The van der Waals surface area contributed by atoms with Crippen molar-refractivity contribution < 1.29 is 13.6 Å². The second-order valence-corrected chi connectivity index (χ2v) is 5.04. The van der Waals surface area contributed by atoms with Crippen molar-refractivity contribution in [2.45, 2.75) is 6.54 Å². The van der Waals surface area contributed by atoms with Crippen molar-refractivity contribution in [3.63, 3.8) is 0 Å². The fourth-order valence-corrected chi connectivity index (χ4v) is 2.30. The molecule has 0 unspecified atom stereocenters. The fraction of sp³-hybridized carbons (Fsp3) is 0.0909. The number of nitrogens with one attached hydrogen (secondary N) is 1. The van der Waals surface area contributed by atoms with Gasteiger partial charge in [0.1, 0.15) is 17.2 Å². The predicted octanol–water partition coefficient (Wildman–Crippen LogP) is 3.11. The van der Waals surface area contributed by atoms with Gasteiger partial charge in [0.15, 0.2) is 0 Å². The standard InChI is InChI=1S/C11H7BrF2N2OS/c12-6-1-8(13)10(9(14)2-6)11(17)15-3-7-4-18-5-16-7/h1-2,4-5H,3H2,(H,15,17). The average Bonchev–Trinajstić information content (AvgIpc) is 2.77. The Labute approximate surface area is 114 Å². The van der Waals surface area contributed by atoms with Gasteiger partial charge in [-0.05, 0) is 12.1 Å². The van der Waals surface area contributed by atoms with Crippen LogP contribution in [-0.4, -0.2) is 10.9 Å². The predicted molar refractivity (Wildman–Crippen MR) is 67.3 cm³/mol. The van der Waals surface area contributed by atoms with E-state index < -0.39 is 23.1 Å². The summed E-state index contributed by atoms with van der Waals surface area (Å²) in [5.74, 6) is -2.61. The summed E-state index contributed by atoms with van der Waals surface area (Å²) in [6.07, 6.45) is 0. The van der Waals surface area contributed by atoms with Crippen molar-refractivity contribution in [2.75, 3.05) is 0 Å². The molecule has 0 atom stereocenters. The Morgan fingerprint density at radius 2 is 2.06 bits per heavy atom. The smallest absolute Gasteiger partial charge is 0.257 e. The van der Waals surface area contributed by atoms with Crippen LogP contribution in [0.4, 0.5) is 8.78 Å². The van der Waals surface area contributed by atoms with E-state index in [2.05, 4.69) is 26.2 Å². The fourth-order valence-electron chi connectivity index (χ4n) is 1.34. The first-order valence-electron chi connectivity index (χ1n) is 4.87. The Hall–Kier alpha value is -1.34. The molecule has 2 aromatic rings. The molecular formula is C11H7BrF2N2OS. The van der Waals surface area contributed by atoms with Crippen molar-refractivity contribution in [1.29, 1.82) is 0 Å². The normalized spacial score (nSPS) is 10.4. The highest BCUT2D eigenvalue weighted by molar-refractivity contribution is 9.10. The summed E-state index contributed by atoms with van der Waals surface area (Å²) in [5, 5.41) is 4.16. The molecule has 0 fully saturated rings. The van der Waals surface area contributed by atoms with Crippen molar-refractivity contribution in [3.8, 4) is 0 Å². The van der Waals surface area contributed by atoms with Crippen LogP contribution in [0.5, 0.6) is 0 Å². The third kappa shape index (κ3) is 2.91. The van der Waals surface area contributed by atoms with E-state index in [1.807, 2.05) is 0 Å². The molecule has 0 saturated carbocycles. The second kappa shape index (κ2) is 5.53. The van der Waals surface area contributed by atoms with Gasteiger partial charge >= 0.3 is 0 Å². The first-order chi connectivity index (χ1) is 8.58. The van der Waals surface area contributed by atoms with Gasteiger partial charge in [-0.25, -0.2) is 13.8 Å². The molecule has 0 aliphatic rings. The maximum absolute atomic E-state index is 13.5. The summed E-state index contributed by atoms with van der Waals surface area (Å²) in [5.41, 5.74) is 1.67. The molecule has 3 nitrogen and oxygen atoms in total. The molecule has 1 N–H and O–H groups in total. The second-order valence-electron chi connectivity index (χ2n) is 3.41. The monoisotopic (exact) mass is 332 g/mol. The SMILES string of the molecule is O=C(NCc1cscn1)c1c(F)cc(Br)cc1F. The first-order valence-corrected chi connectivity index (χ1v) is 6.61. The van der Waals surface area contributed by atoms with E-state index in [0.29, 0.717) is 5.69 Å². The third-order valence-electron chi connectivity index (χ3n) is 2.15. The number of hydrogen-bond donors (Lipinski definition) is 1. The number of carbonyl (C=O) groups excluding carboxylic acids is 1. The lowest BCUT2D eigenvalue weighted by Crippen LogP contribution is -2.25. The number of nitrogens with zero attached hydrogens (tertiary/aromatic N) is 1. The number of rotatable bonds is 3. The van der Waals surface area contributed by atoms with E-state index in [9.17, 15) is 13.6 Å². The summed E-state index contributed by atoms with van der Waals surface area (Å²) in [7, 11) is 0.